The molecule has 0 radical (unpaired) electrons. The van der Waals surface area contributed by atoms with Gasteiger partial charge >= 0.3 is 5.97 Å². The molecule has 3 aromatic rings. The number of amides is 1. The van der Waals surface area contributed by atoms with Crippen molar-refractivity contribution in [3.05, 3.63) is 64.5 Å². The molecule has 1 saturated heterocycles. The molecule has 1 N–H and O–H groups in total. The van der Waals surface area contributed by atoms with E-state index < -0.39 is 11.9 Å². The van der Waals surface area contributed by atoms with Crippen LogP contribution in [0.5, 0.6) is 0 Å². The highest BCUT2D eigenvalue weighted by Gasteiger charge is 2.35. The molecule has 1 aliphatic heterocycles. The molecule has 0 bridgehead atoms. The standard InChI is InChI=1S/C20H18N2O4S/c23-19-15(8-9-16(21-19)18-7-4-10-27-18)20(24)25-12-14-11-17(22-26-14)13-5-2-1-3-6-13/h1-7,10-11,15-16H,8-9,12H2,(H,21,23). The Balaban J connectivity index is 1.32. The zero-order valence-electron chi connectivity index (χ0n) is 14.5. The molecule has 138 valence electrons. The number of carbonyl (C=O) groups excluding carboxylic acids is 2. The number of carbonyl (C=O) groups is 2. The summed E-state index contributed by atoms with van der Waals surface area (Å²) in [4.78, 5) is 25.7. The highest BCUT2D eigenvalue weighted by atomic mass is 32.1. The average molecular weight is 382 g/mol. The predicted octanol–water partition coefficient (Wildman–Crippen LogP) is 3.71. The fraction of sp³-hybridized carbons (Fsp3) is 0.250. The van der Waals surface area contributed by atoms with Gasteiger partial charge < -0.3 is 14.6 Å². The second kappa shape index (κ2) is 7.75. The van der Waals surface area contributed by atoms with E-state index in [0.29, 0.717) is 24.3 Å². The third kappa shape index (κ3) is 3.93. The molecular weight excluding hydrogens is 364 g/mol. The Bertz CT molecular complexity index is 921. The first-order valence-corrected chi connectivity index (χ1v) is 9.60. The van der Waals surface area contributed by atoms with Gasteiger partial charge in [-0.1, -0.05) is 41.6 Å². The Hall–Kier alpha value is -2.93. The quantitative estimate of drug-likeness (QED) is 0.537. The molecule has 4 rings (SSSR count). The van der Waals surface area contributed by atoms with Gasteiger partial charge in [0, 0.05) is 16.5 Å². The van der Waals surface area contributed by atoms with Crippen LogP contribution in [-0.4, -0.2) is 17.0 Å². The number of rotatable bonds is 5. The molecule has 1 aromatic carbocycles. The van der Waals surface area contributed by atoms with Gasteiger partial charge in [0.1, 0.15) is 11.6 Å². The van der Waals surface area contributed by atoms with Gasteiger partial charge in [-0.3, -0.25) is 9.59 Å². The molecule has 2 unspecified atom stereocenters. The van der Waals surface area contributed by atoms with Crippen molar-refractivity contribution < 1.29 is 18.8 Å². The molecule has 7 heteroatoms. The van der Waals surface area contributed by atoms with Crippen LogP contribution in [0.25, 0.3) is 11.3 Å². The number of benzene rings is 1. The van der Waals surface area contributed by atoms with E-state index in [1.54, 1.807) is 17.4 Å². The number of ether oxygens (including phenoxy) is 1. The lowest BCUT2D eigenvalue weighted by molar-refractivity contribution is -0.156. The lowest BCUT2D eigenvalue weighted by Crippen LogP contribution is -2.42. The van der Waals surface area contributed by atoms with Crippen molar-refractivity contribution >= 4 is 23.2 Å². The van der Waals surface area contributed by atoms with Gasteiger partial charge in [0.05, 0.1) is 6.04 Å². The van der Waals surface area contributed by atoms with E-state index in [0.717, 1.165) is 10.4 Å². The number of aromatic nitrogens is 1. The maximum Gasteiger partial charge on any atom is 0.318 e. The number of nitrogens with one attached hydrogen (secondary N) is 1. The lowest BCUT2D eigenvalue weighted by atomic mass is 9.93. The van der Waals surface area contributed by atoms with E-state index >= 15 is 0 Å². The molecule has 0 saturated carbocycles. The van der Waals surface area contributed by atoms with Gasteiger partial charge in [0.15, 0.2) is 12.4 Å². The normalized spacial score (nSPS) is 19.5. The fourth-order valence-electron chi connectivity index (χ4n) is 3.11. The van der Waals surface area contributed by atoms with Gasteiger partial charge in [-0.15, -0.1) is 11.3 Å². The van der Waals surface area contributed by atoms with Gasteiger partial charge in [0.25, 0.3) is 0 Å². The molecule has 2 atom stereocenters. The lowest BCUT2D eigenvalue weighted by Gasteiger charge is -2.27. The largest absolute Gasteiger partial charge is 0.457 e. The smallest absolute Gasteiger partial charge is 0.318 e. The first kappa shape index (κ1) is 17.5. The van der Waals surface area contributed by atoms with Crippen LogP contribution in [0.4, 0.5) is 0 Å². The van der Waals surface area contributed by atoms with Gasteiger partial charge in [-0.05, 0) is 24.3 Å². The molecule has 0 aliphatic carbocycles. The summed E-state index contributed by atoms with van der Waals surface area (Å²) in [7, 11) is 0. The van der Waals surface area contributed by atoms with Crippen LogP contribution in [0.1, 0.15) is 29.5 Å². The van der Waals surface area contributed by atoms with E-state index in [2.05, 4.69) is 10.5 Å². The summed E-state index contributed by atoms with van der Waals surface area (Å²) in [6, 6.07) is 15.2. The van der Waals surface area contributed by atoms with Crippen LogP contribution in [0.2, 0.25) is 0 Å². The van der Waals surface area contributed by atoms with E-state index in [4.69, 9.17) is 9.26 Å². The highest BCUT2D eigenvalue weighted by molar-refractivity contribution is 7.10. The van der Waals surface area contributed by atoms with Crippen LogP contribution in [0.15, 0.2) is 58.4 Å². The van der Waals surface area contributed by atoms with Crippen molar-refractivity contribution in [2.24, 2.45) is 5.92 Å². The molecule has 0 spiro atoms. The molecule has 27 heavy (non-hydrogen) atoms. The molecule has 1 fully saturated rings. The maximum atomic E-state index is 12.3. The van der Waals surface area contributed by atoms with Gasteiger partial charge in [-0.2, -0.15) is 0 Å². The Morgan fingerprint density at radius 2 is 2.07 bits per heavy atom. The molecule has 1 aliphatic rings. The van der Waals surface area contributed by atoms with Crippen molar-refractivity contribution in [2.75, 3.05) is 0 Å². The first-order chi connectivity index (χ1) is 13.2. The summed E-state index contributed by atoms with van der Waals surface area (Å²) < 4.78 is 10.5. The van der Waals surface area contributed by atoms with Crippen LogP contribution >= 0.6 is 11.3 Å². The Kier molecular flexibility index (Phi) is 5.02. The second-order valence-corrected chi connectivity index (χ2v) is 7.34. The number of nitrogens with zero attached hydrogens (tertiary/aromatic N) is 1. The first-order valence-electron chi connectivity index (χ1n) is 8.72. The van der Waals surface area contributed by atoms with Gasteiger partial charge in [-0.25, -0.2) is 0 Å². The second-order valence-electron chi connectivity index (χ2n) is 6.36. The third-order valence-corrected chi connectivity index (χ3v) is 5.52. The average Bonchev–Trinajstić information content (AvgIpc) is 3.39. The molecule has 1 amide bonds. The SMILES string of the molecule is O=C1NC(c2cccs2)CCC1C(=O)OCc1cc(-c2ccccc2)no1. The predicted molar refractivity (Wildman–Crippen MR) is 99.7 cm³/mol. The van der Waals surface area contributed by atoms with Crippen LogP contribution in [0, 0.1) is 5.92 Å². The summed E-state index contributed by atoms with van der Waals surface area (Å²) in [6.45, 7) is -0.0448. The Labute approximate surface area is 160 Å². The minimum Gasteiger partial charge on any atom is -0.457 e. The minimum absolute atomic E-state index is 0.0238. The molecule has 3 heterocycles. The minimum atomic E-state index is -0.780. The number of esters is 1. The summed E-state index contributed by atoms with van der Waals surface area (Å²) in [5.74, 6) is -1.16. The van der Waals surface area contributed by atoms with Crippen LogP contribution in [-0.2, 0) is 20.9 Å². The monoisotopic (exact) mass is 382 g/mol. The number of piperidine rings is 1. The van der Waals surface area contributed by atoms with Crippen LogP contribution < -0.4 is 5.32 Å². The van der Waals surface area contributed by atoms with E-state index in [1.165, 1.54) is 0 Å². The molecule has 2 aromatic heterocycles. The summed E-state index contributed by atoms with van der Waals surface area (Å²) in [5.41, 5.74) is 1.60. The zero-order valence-corrected chi connectivity index (χ0v) is 15.3. The van der Waals surface area contributed by atoms with E-state index in [1.807, 2.05) is 47.8 Å². The van der Waals surface area contributed by atoms with Crippen molar-refractivity contribution in [3.63, 3.8) is 0 Å². The zero-order chi connectivity index (χ0) is 18.6. The van der Waals surface area contributed by atoms with E-state index in [-0.39, 0.29) is 18.6 Å². The summed E-state index contributed by atoms with van der Waals surface area (Å²) >= 11 is 1.60. The summed E-state index contributed by atoms with van der Waals surface area (Å²) in [6.07, 6.45) is 1.19. The van der Waals surface area contributed by atoms with E-state index in [9.17, 15) is 9.59 Å². The number of hydrogen-bond donors (Lipinski definition) is 1. The third-order valence-electron chi connectivity index (χ3n) is 4.53. The highest BCUT2D eigenvalue weighted by Crippen LogP contribution is 2.30. The maximum absolute atomic E-state index is 12.3. The molecule has 6 nitrogen and oxygen atoms in total. The van der Waals surface area contributed by atoms with Crippen molar-refractivity contribution in [1.29, 1.82) is 0 Å². The van der Waals surface area contributed by atoms with Crippen molar-refractivity contribution in [1.82, 2.24) is 10.5 Å². The fourth-order valence-corrected chi connectivity index (χ4v) is 3.92. The summed E-state index contributed by atoms with van der Waals surface area (Å²) in [5, 5.41) is 8.87. The Morgan fingerprint density at radius 1 is 1.22 bits per heavy atom. The van der Waals surface area contributed by atoms with Crippen molar-refractivity contribution in [2.45, 2.75) is 25.5 Å². The molecular formula is C20H18N2O4S. The number of thiophene rings is 1. The van der Waals surface area contributed by atoms with Gasteiger partial charge in [0.2, 0.25) is 5.91 Å². The topological polar surface area (TPSA) is 81.4 Å². The number of hydrogen-bond acceptors (Lipinski definition) is 6. The van der Waals surface area contributed by atoms with Crippen LogP contribution in [0.3, 0.4) is 0 Å². The van der Waals surface area contributed by atoms with Crippen molar-refractivity contribution in [3.8, 4) is 11.3 Å². The Morgan fingerprint density at radius 3 is 2.81 bits per heavy atom.